The highest BCUT2D eigenvalue weighted by atomic mass is 32.1. The summed E-state index contributed by atoms with van der Waals surface area (Å²) in [6.07, 6.45) is 0. The van der Waals surface area contributed by atoms with E-state index in [1.54, 1.807) is 0 Å². The number of hydrogen-bond acceptors (Lipinski definition) is 3. The number of thiophene rings is 1. The quantitative estimate of drug-likeness (QED) is 0.186. The fourth-order valence-corrected chi connectivity index (χ4v) is 9.10. The van der Waals surface area contributed by atoms with E-state index in [0.717, 1.165) is 39.0 Å². The van der Waals surface area contributed by atoms with E-state index in [4.69, 9.17) is 4.42 Å². The van der Waals surface area contributed by atoms with Crippen LogP contribution in [0.5, 0.6) is 0 Å². The molecule has 0 aliphatic heterocycles. The van der Waals surface area contributed by atoms with Crippen LogP contribution in [0.2, 0.25) is 0 Å². The minimum Gasteiger partial charge on any atom is -0.455 e. The molecule has 0 bridgehead atoms. The standard InChI is InChI=1S/C48H29NOS/c1-2-11-33-27-36(20-19-30(33)9-1)31-21-23-37(24-22-31)49(41-16-7-14-32-10-5-6-15-38(32)41)42-17-8-18-44-46(42)47-45(51-44)26-25-39-40-28-34-12-3-4-13-35(34)29-43(40)50-48(39)47/h1-29H. The molecule has 11 rings (SSSR count). The third kappa shape index (κ3) is 4.42. The van der Waals surface area contributed by atoms with Crippen LogP contribution in [0.25, 0.3) is 85.6 Å². The topological polar surface area (TPSA) is 16.4 Å². The van der Waals surface area contributed by atoms with Crippen LogP contribution < -0.4 is 4.90 Å². The van der Waals surface area contributed by atoms with Gasteiger partial charge in [0.05, 0.1) is 11.4 Å². The molecular weight excluding hydrogens is 639 g/mol. The summed E-state index contributed by atoms with van der Waals surface area (Å²) in [5.74, 6) is 0. The number of rotatable bonds is 4. The molecule has 9 aromatic carbocycles. The molecule has 0 fully saturated rings. The van der Waals surface area contributed by atoms with E-state index >= 15 is 0 Å². The van der Waals surface area contributed by atoms with Gasteiger partial charge in [0.15, 0.2) is 0 Å². The first-order chi connectivity index (χ1) is 25.3. The smallest absolute Gasteiger partial charge is 0.144 e. The van der Waals surface area contributed by atoms with Crippen molar-refractivity contribution in [2.24, 2.45) is 0 Å². The van der Waals surface area contributed by atoms with Gasteiger partial charge < -0.3 is 9.32 Å². The molecule has 0 atom stereocenters. The van der Waals surface area contributed by atoms with Gasteiger partial charge in [-0.2, -0.15) is 0 Å². The van der Waals surface area contributed by atoms with E-state index in [-0.39, 0.29) is 0 Å². The lowest BCUT2D eigenvalue weighted by molar-refractivity contribution is 0.673. The summed E-state index contributed by atoms with van der Waals surface area (Å²) < 4.78 is 9.30. The average Bonchev–Trinajstić information content (AvgIpc) is 3.75. The maximum Gasteiger partial charge on any atom is 0.144 e. The van der Waals surface area contributed by atoms with Gasteiger partial charge in [-0.1, -0.05) is 115 Å². The van der Waals surface area contributed by atoms with Gasteiger partial charge in [-0.25, -0.2) is 0 Å². The number of fused-ring (bicyclic) bond motifs is 10. The summed E-state index contributed by atoms with van der Waals surface area (Å²) in [4.78, 5) is 2.44. The van der Waals surface area contributed by atoms with Crippen molar-refractivity contribution < 1.29 is 4.42 Å². The SMILES string of the molecule is c1ccc2cc(-c3ccc(N(c4cccc5ccccc45)c4cccc5sc6ccc7c8cc9ccccc9cc8oc7c6c45)cc3)ccc2c1. The van der Waals surface area contributed by atoms with Crippen molar-refractivity contribution in [1.29, 1.82) is 0 Å². The summed E-state index contributed by atoms with van der Waals surface area (Å²) in [6.45, 7) is 0. The minimum atomic E-state index is 0.920. The molecule has 0 saturated carbocycles. The molecule has 51 heavy (non-hydrogen) atoms. The van der Waals surface area contributed by atoms with Gasteiger partial charge in [-0.05, 0) is 98.7 Å². The first kappa shape index (κ1) is 28.4. The van der Waals surface area contributed by atoms with Crippen LogP contribution >= 0.6 is 11.3 Å². The lowest BCUT2D eigenvalue weighted by atomic mass is 10.00. The highest BCUT2D eigenvalue weighted by molar-refractivity contribution is 7.26. The number of anilines is 3. The van der Waals surface area contributed by atoms with Crippen LogP contribution in [0.4, 0.5) is 17.1 Å². The maximum absolute atomic E-state index is 6.84. The predicted octanol–water partition coefficient (Wildman–Crippen LogP) is 14.6. The molecule has 0 unspecified atom stereocenters. The van der Waals surface area contributed by atoms with Gasteiger partial charge in [0, 0.05) is 42.0 Å². The van der Waals surface area contributed by atoms with Crippen LogP contribution in [0, 0.1) is 0 Å². The molecule has 2 nitrogen and oxygen atoms in total. The predicted molar refractivity (Wildman–Crippen MR) is 219 cm³/mol. The van der Waals surface area contributed by atoms with Crippen molar-refractivity contribution in [2.45, 2.75) is 0 Å². The summed E-state index contributed by atoms with van der Waals surface area (Å²) in [6, 6.07) is 63.8. The van der Waals surface area contributed by atoms with E-state index in [0.29, 0.717) is 0 Å². The highest BCUT2D eigenvalue weighted by Gasteiger charge is 2.23. The second kappa shape index (κ2) is 11.0. The summed E-state index contributed by atoms with van der Waals surface area (Å²) in [5.41, 5.74) is 7.64. The Labute approximate surface area is 298 Å². The van der Waals surface area contributed by atoms with Crippen LogP contribution in [0.1, 0.15) is 0 Å². The molecule has 3 heteroatoms. The van der Waals surface area contributed by atoms with Crippen LogP contribution in [0.3, 0.4) is 0 Å². The van der Waals surface area contributed by atoms with Gasteiger partial charge >= 0.3 is 0 Å². The average molecular weight is 668 g/mol. The van der Waals surface area contributed by atoms with E-state index < -0.39 is 0 Å². The highest BCUT2D eigenvalue weighted by Crippen LogP contribution is 2.49. The molecule has 0 saturated heterocycles. The number of furan rings is 1. The van der Waals surface area contributed by atoms with E-state index in [1.165, 1.54) is 63.6 Å². The van der Waals surface area contributed by atoms with Gasteiger partial charge in [-0.15, -0.1) is 11.3 Å². The Balaban J connectivity index is 1.17. The molecule has 0 radical (unpaired) electrons. The Morgan fingerprint density at radius 2 is 1.04 bits per heavy atom. The third-order valence-corrected chi connectivity index (χ3v) is 11.5. The molecule has 0 N–H and O–H groups in total. The summed E-state index contributed by atoms with van der Waals surface area (Å²) in [7, 11) is 0. The van der Waals surface area contributed by atoms with Gasteiger partial charge in [0.1, 0.15) is 11.2 Å². The second-order valence-electron chi connectivity index (χ2n) is 13.3. The molecule has 0 amide bonds. The second-order valence-corrected chi connectivity index (χ2v) is 14.4. The Morgan fingerprint density at radius 3 is 1.88 bits per heavy atom. The zero-order valence-electron chi connectivity index (χ0n) is 27.5. The van der Waals surface area contributed by atoms with Gasteiger partial charge in [0.25, 0.3) is 0 Å². The largest absolute Gasteiger partial charge is 0.455 e. The van der Waals surface area contributed by atoms with Gasteiger partial charge in [0.2, 0.25) is 0 Å². The first-order valence-electron chi connectivity index (χ1n) is 17.3. The fourth-order valence-electron chi connectivity index (χ4n) is 7.97. The van der Waals surface area contributed by atoms with Crippen LogP contribution in [0.15, 0.2) is 180 Å². The molecule has 11 aromatic rings. The van der Waals surface area contributed by atoms with Crippen molar-refractivity contribution in [3.8, 4) is 11.1 Å². The number of nitrogens with zero attached hydrogens (tertiary/aromatic N) is 1. The van der Waals surface area contributed by atoms with Crippen molar-refractivity contribution in [3.05, 3.63) is 176 Å². The normalized spacial score (nSPS) is 11.9. The molecule has 2 heterocycles. The Hall–Kier alpha value is -6.42. The lowest BCUT2D eigenvalue weighted by Crippen LogP contribution is -2.10. The first-order valence-corrected chi connectivity index (χ1v) is 18.1. The Bertz CT molecular complexity index is 3140. The molecule has 0 aliphatic rings. The maximum atomic E-state index is 6.84. The van der Waals surface area contributed by atoms with E-state index in [9.17, 15) is 0 Å². The van der Waals surface area contributed by atoms with Crippen molar-refractivity contribution in [2.75, 3.05) is 4.90 Å². The van der Waals surface area contributed by atoms with Crippen LogP contribution in [-0.2, 0) is 0 Å². The molecule has 238 valence electrons. The number of hydrogen-bond donors (Lipinski definition) is 0. The zero-order chi connectivity index (χ0) is 33.5. The summed E-state index contributed by atoms with van der Waals surface area (Å²) >= 11 is 1.83. The third-order valence-electron chi connectivity index (χ3n) is 10.4. The van der Waals surface area contributed by atoms with Crippen molar-refractivity contribution in [1.82, 2.24) is 0 Å². The van der Waals surface area contributed by atoms with Gasteiger partial charge in [-0.3, -0.25) is 0 Å². The number of benzene rings is 9. The van der Waals surface area contributed by atoms with Crippen molar-refractivity contribution >= 4 is 103 Å². The Morgan fingerprint density at radius 1 is 0.392 bits per heavy atom. The van der Waals surface area contributed by atoms with Crippen molar-refractivity contribution in [3.63, 3.8) is 0 Å². The molecule has 0 spiro atoms. The van der Waals surface area contributed by atoms with E-state index in [1.807, 2.05) is 11.3 Å². The molecular formula is C48H29NOS. The minimum absolute atomic E-state index is 0.920. The zero-order valence-corrected chi connectivity index (χ0v) is 28.3. The van der Waals surface area contributed by atoms with Crippen LogP contribution in [-0.4, -0.2) is 0 Å². The summed E-state index contributed by atoms with van der Waals surface area (Å²) in [5, 5.41) is 12.0. The Kier molecular flexibility index (Phi) is 6.16. The lowest BCUT2D eigenvalue weighted by Gasteiger charge is -2.28. The fraction of sp³-hybridized carbons (Fsp3) is 0. The molecule has 0 aliphatic carbocycles. The molecule has 2 aromatic heterocycles. The van der Waals surface area contributed by atoms with E-state index in [2.05, 4.69) is 181 Å². The monoisotopic (exact) mass is 667 g/mol.